The van der Waals surface area contributed by atoms with E-state index in [9.17, 15) is 9.59 Å². The molecule has 0 spiro atoms. The predicted octanol–water partition coefficient (Wildman–Crippen LogP) is -0.896. The van der Waals surface area contributed by atoms with Gasteiger partial charge < -0.3 is 15.8 Å². The Morgan fingerprint density at radius 1 is 1.67 bits per heavy atom. The number of nitrogens with two attached hydrogens (primary N) is 1. The van der Waals surface area contributed by atoms with Gasteiger partial charge in [0.05, 0.1) is 7.11 Å². The van der Waals surface area contributed by atoms with Crippen LogP contribution in [0, 0.1) is 0 Å². The van der Waals surface area contributed by atoms with Gasteiger partial charge in [0.25, 0.3) is 5.91 Å². The summed E-state index contributed by atoms with van der Waals surface area (Å²) in [7, 11) is 2.88. The Hall–Kier alpha value is -2.05. The number of aromatic nitrogens is 2. The average Bonchev–Trinajstić information content (AvgIpc) is 2.56. The molecule has 1 amide bonds. The zero-order valence-corrected chi connectivity index (χ0v) is 8.48. The molecule has 1 aromatic rings. The van der Waals surface area contributed by atoms with E-state index in [0.29, 0.717) is 5.82 Å². The van der Waals surface area contributed by atoms with Crippen molar-refractivity contribution in [2.45, 2.75) is 0 Å². The molecule has 0 aliphatic heterocycles. The van der Waals surface area contributed by atoms with Crippen molar-refractivity contribution >= 4 is 17.7 Å². The Balaban J connectivity index is 2.67. The molecule has 0 radical (unpaired) electrons. The van der Waals surface area contributed by atoms with Gasteiger partial charge in [-0.25, -0.2) is 0 Å². The van der Waals surface area contributed by atoms with Gasteiger partial charge in [0.2, 0.25) is 0 Å². The smallest absolute Gasteiger partial charge is 0.325 e. The van der Waals surface area contributed by atoms with E-state index in [0.717, 1.165) is 0 Å². The summed E-state index contributed by atoms with van der Waals surface area (Å²) in [4.78, 5) is 21.7. The van der Waals surface area contributed by atoms with Gasteiger partial charge in [0.15, 0.2) is 0 Å². The third-order valence-electron chi connectivity index (χ3n) is 1.77. The fourth-order valence-corrected chi connectivity index (χ4v) is 1.02. The number of rotatable bonds is 4. The lowest BCUT2D eigenvalue weighted by Gasteiger charge is -1.99. The van der Waals surface area contributed by atoms with Crippen LogP contribution in [0.2, 0.25) is 0 Å². The summed E-state index contributed by atoms with van der Waals surface area (Å²) < 4.78 is 5.76. The van der Waals surface area contributed by atoms with Crippen LogP contribution >= 0.6 is 0 Å². The van der Waals surface area contributed by atoms with Crippen LogP contribution in [0.3, 0.4) is 0 Å². The van der Waals surface area contributed by atoms with Crippen LogP contribution in [0.1, 0.15) is 10.5 Å². The quantitative estimate of drug-likeness (QED) is 0.630. The van der Waals surface area contributed by atoms with E-state index in [4.69, 9.17) is 5.73 Å². The molecule has 0 saturated heterocycles. The SMILES string of the molecule is COC(=O)CNc1cc(C(N)=O)n(C)n1. The largest absolute Gasteiger partial charge is 0.468 e. The molecular weight excluding hydrogens is 200 g/mol. The molecular formula is C8H12N4O3. The normalized spacial score (nSPS) is 9.73. The minimum absolute atomic E-state index is 0.00822. The molecule has 0 fully saturated rings. The molecule has 0 aliphatic rings. The Morgan fingerprint density at radius 3 is 2.80 bits per heavy atom. The molecule has 0 bridgehead atoms. The van der Waals surface area contributed by atoms with Gasteiger partial charge in [-0.15, -0.1) is 0 Å². The van der Waals surface area contributed by atoms with Crippen LogP contribution in [-0.2, 0) is 16.6 Å². The molecule has 1 heterocycles. The highest BCUT2D eigenvalue weighted by atomic mass is 16.5. The minimum Gasteiger partial charge on any atom is -0.468 e. The maximum Gasteiger partial charge on any atom is 0.325 e. The number of ether oxygens (including phenoxy) is 1. The number of carbonyl (C=O) groups is 2. The second-order valence-electron chi connectivity index (χ2n) is 2.83. The van der Waals surface area contributed by atoms with Crippen molar-refractivity contribution in [1.29, 1.82) is 0 Å². The number of esters is 1. The zero-order valence-electron chi connectivity index (χ0n) is 8.48. The number of nitrogens with zero attached hydrogens (tertiary/aromatic N) is 2. The van der Waals surface area contributed by atoms with Crippen molar-refractivity contribution in [3.05, 3.63) is 11.8 Å². The number of nitrogens with one attached hydrogen (secondary N) is 1. The lowest BCUT2D eigenvalue weighted by Crippen LogP contribution is -2.15. The Bertz CT molecular complexity index is 385. The average molecular weight is 212 g/mol. The predicted molar refractivity (Wildman–Crippen MR) is 52.2 cm³/mol. The van der Waals surface area contributed by atoms with Crippen LogP contribution in [0.25, 0.3) is 0 Å². The van der Waals surface area contributed by atoms with Crippen LogP contribution in [0.5, 0.6) is 0 Å². The van der Waals surface area contributed by atoms with Crippen molar-refractivity contribution in [1.82, 2.24) is 9.78 Å². The summed E-state index contributed by atoms with van der Waals surface area (Å²) >= 11 is 0. The number of anilines is 1. The summed E-state index contributed by atoms with van der Waals surface area (Å²) in [6.45, 7) is -0.00822. The number of amides is 1. The number of aryl methyl sites for hydroxylation is 1. The van der Waals surface area contributed by atoms with Crippen molar-refractivity contribution in [3.8, 4) is 0 Å². The van der Waals surface area contributed by atoms with Gasteiger partial charge in [0, 0.05) is 13.1 Å². The molecule has 1 rings (SSSR count). The number of hydrogen-bond acceptors (Lipinski definition) is 5. The van der Waals surface area contributed by atoms with Crippen molar-refractivity contribution in [2.24, 2.45) is 12.8 Å². The first-order valence-electron chi connectivity index (χ1n) is 4.19. The van der Waals surface area contributed by atoms with Crippen LogP contribution < -0.4 is 11.1 Å². The maximum absolute atomic E-state index is 10.9. The van der Waals surface area contributed by atoms with E-state index >= 15 is 0 Å². The molecule has 7 heteroatoms. The third kappa shape index (κ3) is 2.70. The fraction of sp³-hybridized carbons (Fsp3) is 0.375. The molecule has 0 unspecified atom stereocenters. The van der Waals surface area contributed by atoms with Crippen LogP contribution in [0.15, 0.2) is 6.07 Å². The maximum atomic E-state index is 10.9. The third-order valence-corrected chi connectivity index (χ3v) is 1.77. The van der Waals surface area contributed by atoms with E-state index in [-0.39, 0.29) is 12.2 Å². The first kappa shape index (κ1) is 11.0. The Kier molecular flexibility index (Phi) is 3.27. The molecule has 0 atom stereocenters. The molecule has 0 aromatic carbocycles. The van der Waals surface area contributed by atoms with Gasteiger partial charge in [-0.2, -0.15) is 5.10 Å². The highest BCUT2D eigenvalue weighted by Gasteiger charge is 2.10. The summed E-state index contributed by atoms with van der Waals surface area (Å²) in [5, 5.41) is 6.63. The Labute approximate surface area is 86.2 Å². The number of carbonyl (C=O) groups excluding carboxylic acids is 2. The summed E-state index contributed by atoms with van der Waals surface area (Å²) in [5.74, 6) is -0.589. The van der Waals surface area contributed by atoms with Gasteiger partial charge >= 0.3 is 5.97 Å². The van der Waals surface area contributed by atoms with E-state index in [2.05, 4.69) is 15.2 Å². The zero-order chi connectivity index (χ0) is 11.4. The lowest BCUT2D eigenvalue weighted by atomic mass is 10.4. The summed E-state index contributed by atoms with van der Waals surface area (Å²) in [5.41, 5.74) is 5.36. The van der Waals surface area contributed by atoms with Gasteiger partial charge in [0.1, 0.15) is 18.1 Å². The summed E-state index contributed by atoms with van der Waals surface area (Å²) in [6.07, 6.45) is 0. The van der Waals surface area contributed by atoms with Gasteiger partial charge in [-0.1, -0.05) is 0 Å². The molecule has 15 heavy (non-hydrogen) atoms. The monoisotopic (exact) mass is 212 g/mol. The molecule has 0 saturated carbocycles. The highest BCUT2D eigenvalue weighted by molar-refractivity contribution is 5.92. The van der Waals surface area contributed by atoms with E-state index < -0.39 is 11.9 Å². The molecule has 0 aliphatic carbocycles. The standard InChI is InChI=1S/C8H12N4O3/c1-12-5(8(9)14)3-6(11-12)10-4-7(13)15-2/h3H,4H2,1-2H3,(H2,9,14)(H,10,11). The number of primary amides is 1. The van der Waals surface area contributed by atoms with E-state index in [1.54, 1.807) is 7.05 Å². The van der Waals surface area contributed by atoms with E-state index in [1.807, 2.05) is 0 Å². The highest BCUT2D eigenvalue weighted by Crippen LogP contribution is 2.06. The first-order chi connectivity index (χ1) is 7.04. The van der Waals surface area contributed by atoms with Gasteiger partial charge in [-0.3, -0.25) is 14.3 Å². The number of hydrogen-bond donors (Lipinski definition) is 2. The fourth-order valence-electron chi connectivity index (χ4n) is 1.02. The molecule has 1 aromatic heterocycles. The molecule has 3 N–H and O–H groups in total. The molecule has 82 valence electrons. The summed E-state index contributed by atoms with van der Waals surface area (Å²) in [6, 6.07) is 1.46. The minimum atomic E-state index is -0.573. The van der Waals surface area contributed by atoms with Gasteiger partial charge in [-0.05, 0) is 0 Å². The Morgan fingerprint density at radius 2 is 2.33 bits per heavy atom. The number of methoxy groups -OCH3 is 1. The lowest BCUT2D eigenvalue weighted by molar-refractivity contribution is -0.138. The molecule has 7 nitrogen and oxygen atoms in total. The second kappa shape index (κ2) is 4.45. The van der Waals surface area contributed by atoms with E-state index in [1.165, 1.54) is 17.9 Å². The van der Waals surface area contributed by atoms with Crippen LogP contribution in [0.4, 0.5) is 5.82 Å². The first-order valence-corrected chi connectivity index (χ1v) is 4.19. The van der Waals surface area contributed by atoms with Crippen molar-refractivity contribution in [3.63, 3.8) is 0 Å². The van der Waals surface area contributed by atoms with Crippen molar-refractivity contribution < 1.29 is 14.3 Å². The topological polar surface area (TPSA) is 99.2 Å². The second-order valence-corrected chi connectivity index (χ2v) is 2.83. The van der Waals surface area contributed by atoms with Crippen molar-refractivity contribution in [2.75, 3.05) is 19.0 Å². The van der Waals surface area contributed by atoms with Crippen LogP contribution in [-0.4, -0.2) is 35.3 Å².